The Hall–Kier alpha value is -4.52. The number of carbonyl (C=O) groups excluding carboxylic acids is 5. The average molecular weight is 572 g/mol. The van der Waals surface area contributed by atoms with Crippen LogP contribution in [0.5, 0.6) is 0 Å². The summed E-state index contributed by atoms with van der Waals surface area (Å²) in [6, 6.07) is 10.1. The molecule has 2 aromatic carbocycles. The maximum absolute atomic E-state index is 13.1. The highest BCUT2D eigenvalue weighted by Crippen LogP contribution is 2.31. The quantitative estimate of drug-likeness (QED) is 0.395. The van der Waals surface area contributed by atoms with Crippen molar-refractivity contribution in [3.05, 3.63) is 71.4 Å². The number of alkyl halides is 3. The van der Waals surface area contributed by atoms with Gasteiger partial charge >= 0.3 is 6.18 Å². The first-order valence-corrected chi connectivity index (χ1v) is 12.7. The molecule has 0 spiro atoms. The van der Waals surface area contributed by atoms with Crippen LogP contribution in [0.25, 0.3) is 0 Å². The molecule has 1 saturated heterocycles. The van der Waals surface area contributed by atoms with Crippen LogP contribution in [-0.2, 0) is 30.1 Å². The number of piperidine rings is 1. The fraction of sp³-hybridized carbons (Fsp3) is 0.321. The minimum atomic E-state index is -4.54. The number of hydrogen-bond donors (Lipinski definition) is 3. The number of imide groups is 2. The Bertz CT molecular complexity index is 1420. The van der Waals surface area contributed by atoms with Crippen LogP contribution in [0.2, 0.25) is 0 Å². The molecule has 2 unspecified atom stereocenters. The lowest BCUT2D eigenvalue weighted by molar-refractivity contribution is -0.149. The Morgan fingerprint density at radius 3 is 2.46 bits per heavy atom. The van der Waals surface area contributed by atoms with Gasteiger partial charge in [0.25, 0.3) is 11.8 Å². The first-order chi connectivity index (χ1) is 19.3. The molecule has 0 radical (unpaired) electrons. The molecule has 2 aromatic rings. The van der Waals surface area contributed by atoms with Crippen LogP contribution in [0.15, 0.2) is 60.3 Å². The lowest BCUT2D eigenvalue weighted by Crippen LogP contribution is -2.54. The van der Waals surface area contributed by atoms with Crippen LogP contribution in [0.3, 0.4) is 0 Å². The number of anilines is 2. The lowest BCUT2D eigenvalue weighted by atomic mass is 9.94. The summed E-state index contributed by atoms with van der Waals surface area (Å²) in [6.45, 7) is 0.433. The number of nitrogens with zero attached hydrogens (tertiary/aromatic N) is 2. The molecule has 13 heteroatoms. The average Bonchev–Trinajstić information content (AvgIpc) is 3.15. The van der Waals surface area contributed by atoms with E-state index in [1.54, 1.807) is 24.3 Å². The Kier molecular flexibility index (Phi) is 8.57. The topological polar surface area (TPSA) is 128 Å². The van der Waals surface area contributed by atoms with E-state index in [2.05, 4.69) is 16.0 Å². The summed E-state index contributed by atoms with van der Waals surface area (Å²) in [7, 11) is 3.63. The second-order valence-electron chi connectivity index (χ2n) is 10.1. The van der Waals surface area contributed by atoms with Crippen molar-refractivity contribution in [3.8, 4) is 0 Å². The number of likely N-dealkylation sites (N-methyl/N-ethyl adjacent to an activating group) is 1. The van der Waals surface area contributed by atoms with Crippen molar-refractivity contribution in [3.63, 3.8) is 0 Å². The van der Waals surface area contributed by atoms with Crippen LogP contribution in [0.1, 0.15) is 36.3 Å². The third-order valence-electron chi connectivity index (χ3n) is 6.60. The highest BCUT2D eigenvalue weighted by atomic mass is 19.4. The number of hydrogen-bond acceptors (Lipinski definition) is 7. The van der Waals surface area contributed by atoms with Gasteiger partial charge < -0.3 is 15.5 Å². The number of amides is 5. The van der Waals surface area contributed by atoms with Gasteiger partial charge in [-0.1, -0.05) is 18.2 Å². The molecule has 3 N–H and O–H groups in total. The van der Waals surface area contributed by atoms with Crippen molar-refractivity contribution in [1.29, 1.82) is 0 Å². The first-order valence-electron chi connectivity index (χ1n) is 12.7. The van der Waals surface area contributed by atoms with Crippen molar-refractivity contribution in [2.75, 3.05) is 31.3 Å². The van der Waals surface area contributed by atoms with Crippen molar-refractivity contribution in [1.82, 2.24) is 15.1 Å². The van der Waals surface area contributed by atoms with Gasteiger partial charge in [0.2, 0.25) is 17.7 Å². The second-order valence-corrected chi connectivity index (χ2v) is 10.1. The Morgan fingerprint density at radius 1 is 1.07 bits per heavy atom. The maximum atomic E-state index is 13.1. The molecule has 41 heavy (non-hydrogen) atoms. The normalized spacial score (nSPS) is 18.3. The van der Waals surface area contributed by atoms with Crippen LogP contribution in [0, 0.1) is 0 Å². The summed E-state index contributed by atoms with van der Waals surface area (Å²) in [5.41, 5.74) is 0.262. The predicted molar refractivity (Wildman–Crippen MR) is 142 cm³/mol. The van der Waals surface area contributed by atoms with E-state index in [0.717, 1.165) is 23.1 Å². The van der Waals surface area contributed by atoms with E-state index in [4.69, 9.17) is 0 Å². The van der Waals surface area contributed by atoms with Crippen LogP contribution >= 0.6 is 0 Å². The van der Waals surface area contributed by atoms with Crippen molar-refractivity contribution < 1.29 is 37.1 Å². The van der Waals surface area contributed by atoms with E-state index in [-0.39, 0.29) is 36.6 Å². The number of rotatable bonds is 9. The van der Waals surface area contributed by atoms with Crippen molar-refractivity contribution >= 4 is 40.9 Å². The first kappa shape index (κ1) is 29.5. The van der Waals surface area contributed by atoms with E-state index in [0.29, 0.717) is 17.8 Å². The Labute approximate surface area is 233 Å². The van der Waals surface area contributed by atoms with Crippen LogP contribution in [-0.4, -0.2) is 66.0 Å². The Morgan fingerprint density at radius 2 is 1.78 bits per heavy atom. The molecule has 1 fully saturated rings. The van der Waals surface area contributed by atoms with Gasteiger partial charge in [-0.2, -0.15) is 13.2 Å². The van der Waals surface area contributed by atoms with Gasteiger partial charge in [-0.3, -0.25) is 34.2 Å². The maximum Gasteiger partial charge on any atom is 0.416 e. The van der Waals surface area contributed by atoms with Gasteiger partial charge in [0, 0.05) is 42.8 Å². The van der Waals surface area contributed by atoms with Crippen molar-refractivity contribution in [2.24, 2.45) is 0 Å². The van der Waals surface area contributed by atoms with Gasteiger partial charge in [-0.15, -0.1) is 0 Å². The lowest BCUT2D eigenvalue weighted by Gasteiger charge is -2.28. The third-order valence-corrected chi connectivity index (χ3v) is 6.60. The summed E-state index contributed by atoms with van der Waals surface area (Å²) in [5.74, 6) is -3.42. The number of nitrogens with one attached hydrogen (secondary N) is 3. The number of carbonyl (C=O) groups is 5. The molecule has 216 valence electrons. The monoisotopic (exact) mass is 571 g/mol. The fourth-order valence-corrected chi connectivity index (χ4v) is 4.76. The summed E-state index contributed by atoms with van der Waals surface area (Å²) < 4.78 is 39.2. The summed E-state index contributed by atoms with van der Waals surface area (Å²) >= 11 is 0. The van der Waals surface area contributed by atoms with Gasteiger partial charge in [0.15, 0.2) is 0 Å². The molecule has 0 aliphatic carbocycles. The van der Waals surface area contributed by atoms with E-state index >= 15 is 0 Å². The molecule has 0 bridgehead atoms. The third kappa shape index (κ3) is 7.17. The summed E-state index contributed by atoms with van der Waals surface area (Å²) in [5, 5.41) is 7.57. The van der Waals surface area contributed by atoms with E-state index in [1.807, 2.05) is 19.0 Å². The fourth-order valence-electron chi connectivity index (χ4n) is 4.76. The highest BCUT2D eigenvalue weighted by molar-refractivity contribution is 6.20. The zero-order valence-electron chi connectivity index (χ0n) is 22.2. The van der Waals surface area contributed by atoms with E-state index in [1.165, 1.54) is 12.1 Å². The Balaban J connectivity index is 1.47. The predicted octanol–water partition coefficient (Wildman–Crippen LogP) is 2.85. The van der Waals surface area contributed by atoms with Gasteiger partial charge in [0.05, 0.1) is 5.56 Å². The molecular weight excluding hydrogens is 543 g/mol. The van der Waals surface area contributed by atoms with E-state index < -0.39 is 47.3 Å². The SMILES string of the molecule is CN(C)CC(CC(=O)Nc1cccc(C(F)(F)F)c1)c1cccc(NC2=CC(=O)N(C3CCC(=O)NC3=O)C2=O)c1. The largest absolute Gasteiger partial charge is 0.416 e. The van der Waals surface area contributed by atoms with Crippen LogP contribution < -0.4 is 16.0 Å². The second kappa shape index (κ2) is 11.9. The van der Waals surface area contributed by atoms with Gasteiger partial charge in [-0.05, 0) is 56.4 Å². The summed E-state index contributed by atoms with van der Waals surface area (Å²) in [6.07, 6.45) is -3.46. The van der Waals surface area contributed by atoms with Crippen molar-refractivity contribution in [2.45, 2.75) is 37.4 Å². The molecule has 2 aliphatic rings. The van der Waals surface area contributed by atoms with E-state index in [9.17, 15) is 37.1 Å². The summed E-state index contributed by atoms with van der Waals surface area (Å²) in [4.78, 5) is 64.7. The minimum absolute atomic E-state index is 0.00682. The molecule has 0 saturated carbocycles. The number of benzene rings is 2. The zero-order chi connectivity index (χ0) is 29.9. The van der Waals surface area contributed by atoms with Gasteiger partial charge in [-0.25, -0.2) is 0 Å². The molecule has 4 rings (SSSR count). The zero-order valence-corrected chi connectivity index (χ0v) is 22.2. The number of halogens is 3. The molecule has 2 atom stereocenters. The molecule has 2 aliphatic heterocycles. The molecule has 5 amide bonds. The molecule has 10 nitrogen and oxygen atoms in total. The standard InChI is InChI=1S/C28H28F3N5O5/c1-35(2)15-17(12-24(38)33-20-8-4-6-18(13-20)28(29,30)31)16-5-3-7-19(11-16)32-21-14-25(39)36(27(21)41)22-9-10-23(37)34-26(22)40/h3-8,11,13-14,17,22,32H,9-10,12,15H2,1-2H3,(H,33,38)(H,34,37,40). The molecule has 0 aromatic heterocycles. The van der Waals surface area contributed by atoms with Crippen LogP contribution in [0.4, 0.5) is 24.5 Å². The highest BCUT2D eigenvalue weighted by Gasteiger charge is 2.42. The minimum Gasteiger partial charge on any atom is -0.351 e. The smallest absolute Gasteiger partial charge is 0.351 e. The van der Waals surface area contributed by atoms with Gasteiger partial charge in [0.1, 0.15) is 11.7 Å². The molecular formula is C28H28F3N5O5. The molecule has 2 heterocycles.